The maximum absolute atomic E-state index is 6.10. The van der Waals surface area contributed by atoms with Gasteiger partial charge >= 0.3 is 0 Å². The number of hydrogen-bond donors (Lipinski definition) is 0. The summed E-state index contributed by atoms with van der Waals surface area (Å²) in [4.78, 5) is 0. The summed E-state index contributed by atoms with van der Waals surface area (Å²) in [5, 5.41) is 1.41. The Kier molecular flexibility index (Phi) is 11.9. The zero-order valence-electron chi connectivity index (χ0n) is 23.4. The Morgan fingerprint density at radius 1 is 0.676 bits per heavy atom. The first-order chi connectivity index (χ1) is 16.3. The van der Waals surface area contributed by atoms with Crippen molar-refractivity contribution in [2.24, 2.45) is 11.8 Å². The first kappa shape index (κ1) is 28.7. The van der Waals surface area contributed by atoms with E-state index < -0.39 is 7.92 Å². The van der Waals surface area contributed by atoms with Crippen LogP contribution in [0.25, 0.3) is 11.1 Å². The molecule has 0 fully saturated rings. The van der Waals surface area contributed by atoms with Crippen LogP contribution < -0.4 is 14.8 Å². The molecule has 0 spiro atoms. The molecule has 0 aliphatic carbocycles. The summed E-state index contributed by atoms with van der Waals surface area (Å²) < 4.78 is 12.2. The van der Waals surface area contributed by atoms with Gasteiger partial charge in [0.1, 0.15) is 11.5 Å². The lowest BCUT2D eigenvalue weighted by Gasteiger charge is -2.29. The Bertz CT molecular complexity index is 864. The van der Waals surface area contributed by atoms with Gasteiger partial charge < -0.3 is 9.47 Å². The predicted molar refractivity (Wildman–Crippen MR) is 153 cm³/mol. The zero-order chi connectivity index (χ0) is 25.3. The molecule has 2 aromatic rings. The topological polar surface area (TPSA) is 18.5 Å². The van der Waals surface area contributed by atoms with E-state index in [1.807, 2.05) is 14.2 Å². The average molecular weight is 485 g/mol. The molecule has 0 radical (unpaired) electrons. The summed E-state index contributed by atoms with van der Waals surface area (Å²) in [5.41, 5.74) is 7.18. The van der Waals surface area contributed by atoms with Crippen molar-refractivity contribution in [3.8, 4) is 22.6 Å². The molecule has 2 rings (SSSR count). The summed E-state index contributed by atoms with van der Waals surface area (Å²) >= 11 is 0. The molecule has 0 saturated heterocycles. The fraction of sp³-hybridized carbons (Fsp3) is 0.613. The molecule has 34 heavy (non-hydrogen) atoms. The molecule has 0 aliphatic rings. The van der Waals surface area contributed by atoms with Crippen molar-refractivity contribution in [2.75, 3.05) is 26.5 Å². The molecule has 3 heteroatoms. The normalized spacial score (nSPS) is 11.6. The molecule has 0 N–H and O–H groups in total. The second-order valence-corrected chi connectivity index (χ2v) is 12.7. The largest absolute Gasteiger partial charge is 0.496 e. The third-order valence-electron chi connectivity index (χ3n) is 6.22. The first-order valence-corrected chi connectivity index (χ1v) is 15.2. The van der Waals surface area contributed by atoms with Crippen molar-refractivity contribution in [3.63, 3.8) is 0 Å². The maximum atomic E-state index is 6.10. The zero-order valence-corrected chi connectivity index (χ0v) is 24.3. The number of methoxy groups -OCH3 is 2. The van der Waals surface area contributed by atoms with E-state index in [9.17, 15) is 0 Å². The standard InChI is InChI=1S/C31H49O2P/c1-10-13-24-18-25(14-11-2)29(26(19-24)15-12-3)30-27(32-8)16-17-28(33-9)31(30)34(20-22(4)5)21-23(6)7/h16-19,22-23H,10-15,20-21H2,1-9H3. The Morgan fingerprint density at radius 3 is 1.56 bits per heavy atom. The summed E-state index contributed by atoms with van der Waals surface area (Å²) in [6.45, 7) is 16.3. The van der Waals surface area contributed by atoms with Crippen molar-refractivity contribution < 1.29 is 9.47 Å². The number of benzene rings is 2. The van der Waals surface area contributed by atoms with E-state index in [-0.39, 0.29) is 0 Å². The van der Waals surface area contributed by atoms with E-state index in [0.29, 0.717) is 11.8 Å². The quantitative estimate of drug-likeness (QED) is 0.250. The van der Waals surface area contributed by atoms with Crippen molar-refractivity contribution in [3.05, 3.63) is 41.0 Å². The van der Waals surface area contributed by atoms with Gasteiger partial charge in [-0.05, 0) is 77.8 Å². The minimum Gasteiger partial charge on any atom is -0.496 e. The van der Waals surface area contributed by atoms with Crippen LogP contribution in [0.3, 0.4) is 0 Å². The number of rotatable bonds is 14. The lowest BCUT2D eigenvalue weighted by Crippen LogP contribution is -2.19. The summed E-state index contributed by atoms with van der Waals surface area (Å²) in [6.07, 6.45) is 9.21. The van der Waals surface area contributed by atoms with Gasteiger partial charge in [0.25, 0.3) is 0 Å². The summed E-state index contributed by atoms with van der Waals surface area (Å²) in [5.74, 6) is 3.32. The highest BCUT2D eigenvalue weighted by atomic mass is 31.1. The van der Waals surface area contributed by atoms with Gasteiger partial charge in [0, 0.05) is 10.9 Å². The second kappa shape index (κ2) is 14.1. The molecule has 190 valence electrons. The van der Waals surface area contributed by atoms with Gasteiger partial charge in [-0.15, -0.1) is 0 Å². The van der Waals surface area contributed by atoms with E-state index in [0.717, 1.165) is 43.6 Å². The van der Waals surface area contributed by atoms with Crippen LogP contribution in [-0.2, 0) is 19.3 Å². The lowest BCUT2D eigenvalue weighted by atomic mass is 9.87. The Hall–Kier alpha value is -1.53. The fourth-order valence-electron chi connectivity index (χ4n) is 5.11. The summed E-state index contributed by atoms with van der Waals surface area (Å²) in [7, 11) is 3.27. The molecule has 0 aromatic heterocycles. The molecular formula is C31H49O2P. The van der Waals surface area contributed by atoms with E-state index in [1.165, 1.54) is 51.9 Å². The van der Waals surface area contributed by atoms with Crippen molar-refractivity contribution in [1.29, 1.82) is 0 Å². The number of aryl methyl sites for hydroxylation is 3. The van der Waals surface area contributed by atoms with Gasteiger partial charge in [0.2, 0.25) is 0 Å². The van der Waals surface area contributed by atoms with Crippen LogP contribution in [0.1, 0.15) is 84.4 Å². The van der Waals surface area contributed by atoms with Crippen LogP contribution in [0.4, 0.5) is 0 Å². The van der Waals surface area contributed by atoms with Crippen molar-refractivity contribution in [1.82, 2.24) is 0 Å². The molecule has 0 aliphatic heterocycles. The fourth-order valence-corrected chi connectivity index (χ4v) is 8.40. The monoisotopic (exact) mass is 484 g/mol. The molecule has 2 aromatic carbocycles. The van der Waals surface area contributed by atoms with Gasteiger partial charge in [0.15, 0.2) is 0 Å². The van der Waals surface area contributed by atoms with Crippen molar-refractivity contribution in [2.45, 2.75) is 87.0 Å². The molecule has 2 nitrogen and oxygen atoms in total. The maximum Gasteiger partial charge on any atom is 0.127 e. The van der Waals surface area contributed by atoms with Crippen LogP contribution in [0.15, 0.2) is 24.3 Å². The van der Waals surface area contributed by atoms with Crippen molar-refractivity contribution >= 4 is 13.2 Å². The Labute approximate surface area is 211 Å². The average Bonchev–Trinajstić information content (AvgIpc) is 2.78. The summed E-state index contributed by atoms with van der Waals surface area (Å²) in [6, 6.07) is 9.23. The number of hydrogen-bond acceptors (Lipinski definition) is 2. The van der Waals surface area contributed by atoms with E-state index >= 15 is 0 Å². The van der Waals surface area contributed by atoms with Gasteiger partial charge in [-0.3, -0.25) is 0 Å². The van der Waals surface area contributed by atoms with Crippen LogP contribution in [0, 0.1) is 11.8 Å². The molecule has 0 bridgehead atoms. The molecular weight excluding hydrogens is 435 g/mol. The molecule has 0 unspecified atom stereocenters. The van der Waals surface area contributed by atoms with E-state index in [2.05, 4.69) is 72.7 Å². The van der Waals surface area contributed by atoms with E-state index in [1.54, 1.807) is 0 Å². The van der Waals surface area contributed by atoms with Gasteiger partial charge in [0.05, 0.1) is 14.2 Å². The highest BCUT2D eigenvalue weighted by Gasteiger charge is 2.28. The van der Waals surface area contributed by atoms with Gasteiger partial charge in [-0.25, -0.2) is 0 Å². The minimum absolute atomic E-state index is 0.390. The molecule has 0 heterocycles. The third-order valence-corrected chi connectivity index (χ3v) is 9.64. The Morgan fingerprint density at radius 2 is 1.15 bits per heavy atom. The smallest absolute Gasteiger partial charge is 0.127 e. The number of ether oxygens (including phenoxy) is 2. The molecule has 0 amide bonds. The van der Waals surface area contributed by atoms with Crippen LogP contribution in [0.5, 0.6) is 11.5 Å². The van der Waals surface area contributed by atoms with Crippen LogP contribution >= 0.6 is 7.92 Å². The van der Waals surface area contributed by atoms with E-state index in [4.69, 9.17) is 9.47 Å². The lowest BCUT2D eigenvalue weighted by molar-refractivity contribution is 0.407. The SMILES string of the molecule is CCCc1cc(CCC)c(-c2c(OC)ccc(OC)c2P(CC(C)C)CC(C)C)c(CCC)c1. The van der Waals surface area contributed by atoms with Gasteiger partial charge in [-0.1, -0.05) is 87.8 Å². The van der Waals surface area contributed by atoms with Crippen LogP contribution in [0.2, 0.25) is 0 Å². The first-order valence-electron chi connectivity index (χ1n) is 13.5. The highest BCUT2D eigenvalue weighted by molar-refractivity contribution is 7.66. The second-order valence-electron chi connectivity index (χ2n) is 10.4. The predicted octanol–water partition coefficient (Wildman–Crippen LogP) is 8.65. The van der Waals surface area contributed by atoms with Gasteiger partial charge in [-0.2, -0.15) is 0 Å². The molecule has 0 saturated carbocycles. The minimum atomic E-state index is -0.390. The highest BCUT2D eigenvalue weighted by Crippen LogP contribution is 2.49. The Balaban J connectivity index is 2.98. The molecule has 0 atom stereocenters. The third kappa shape index (κ3) is 7.24. The van der Waals surface area contributed by atoms with Crippen LogP contribution in [-0.4, -0.2) is 26.5 Å².